The average Bonchev–Trinajstić information content (AvgIpc) is 2.73. The summed E-state index contributed by atoms with van der Waals surface area (Å²) in [4.78, 5) is 29.7. The molecule has 5 heteroatoms. The van der Waals surface area contributed by atoms with Crippen molar-refractivity contribution in [3.63, 3.8) is 0 Å². The molecule has 3 aliphatic rings. The van der Waals surface area contributed by atoms with Crippen LogP contribution in [0.25, 0.3) is 0 Å². The van der Waals surface area contributed by atoms with Crippen LogP contribution >= 0.6 is 11.6 Å². The summed E-state index contributed by atoms with van der Waals surface area (Å²) in [6.07, 6.45) is 8.10. The number of rotatable bonds is 2. The number of hydrogen-bond acceptors (Lipinski definition) is 2. The van der Waals surface area contributed by atoms with E-state index in [1.807, 2.05) is 4.90 Å². The SMILES string of the molecule is O=C(c1ccc(Cl)cc1)N1CCC(C(=O)N2CC[C@H]3CCCC[C@@H]3C2)CC1. The van der Waals surface area contributed by atoms with E-state index in [0.717, 1.165) is 37.8 Å². The van der Waals surface area contributed by atoms with Crippen molar-refractivity contribution in [2.75, 3.05) is 26.2 Å². The highest BCUT2D eigenvalue weighted by Crippen LogP contribution is 2.37. The van der Waals surface area contributed by atoms with Crippen LogP contribution in [0.2, 0.25) is 5.02 Å². The molecular formula is C22H29ClN2O2. The minimum absolute atomic E-state index is 0.0422. The van der Waals surface area contributed by atoms with Crippen molar-refractivity contribution in [2.45, 2.75) is 44.9 Å². The third-order valence-electron chi connectivity index (χ3n) is 6.83. The van der Waals surface area contributed by atoms with Crippen molar-refractivity contribution in [1.82, 2.24) is 9.80 Å². The van der Waals surface area contributed by atoms with Crippen molar-refractivity contribution in [3.8, 4) is 0 Å². The molecule has 4 nitrogen and oxygen atoms in total. The van der Waals surface area contributed by atoms with Crippen molar-refractivity contribution in [3.05, 3.63) is 34.9 Å². The number of benzene rings is 1. The fraction of sp³-hybridized carbons (Fsp3) is 0.636. The molecule has 1 aromatic carbocycles. The number of carbonyl (C=O) groups excluding carboxylic acids is 2. The van der Waals surface area contributed by atoms with E-state index >= 15 is 0 Å². The maximum absolute atomic E-state index is 13.0. The van der Waals surface area contributed by atoms with Crippen LogP contribution in [0.5, 0.6) is 0 Å². The van der Waals surface area contributed by atoms with Crippen LogP contribution in [0.15, 0.2) is 24.3 Å². The Labute approximate surface area is 166 Å². The predicted octanol–water partition coefficient (Wildman–Crippen LogP) is 4.23. The first-order valence-corrected chi connectivity index (χ1v) is 10.8. The third-order valence-corrected chi connectivity index (χ3v) is 7.08. The summed E-state index contributed by atoms with van der Waals surface area (Å²) in [5.74, 6) is 2.03. The van der Waals surface area contributed by atoms with E-state index in [1.54, 1.807) is 24.3 Å². The molecule has 2 saturated heterocycles. The number of carbonyl (C=O) groups is 2. The van der Waals surface area contributed by atoms with Gasteiger partial charge in [0, 0.05) is 42.7 Å². The van der Waals surface area contributed by atoms with Gasteiger partial charge in [0.1, 0.15) is 0 Å². The van der Waals surface area contributed by atoms with Gasteiger partial charge in [-0.1, -0.05) is 30.9 Å². The Bertz CT molecular complexity index is 682. The second kappa shape index (κ2) is 8.22. The van der Waals surface area contributed by atoms with Gasteiger partial charge in [-0.25, -0.2) is 0 Å². The normalized spacial score (nSPS) is 26.6. The largest absolute Gasteiger partial charge is 0.342 e. The molecule has 0 spiro atoms. The van der Waals surface area contributed by atoms with Crippen LogP contribution in [-0.2, 0) is 4.79 Å². The Morgan fingerprint density at radius 3 is 2.15 bits per heavy atom. The minimum Gasteiger partial charge on any atom is -0.342 e. The van der Waals surface area contributed by atoms with E-state index < -0.39 is 0 Å². The summed E-state index contributed by atoms with van der Waals surface area (Å²) in [5, 5.41) is 0.637. The predicted molar refractivity (Wildman–Crippen MR) is 107 cm³/mol. The van der Waals surface area contributed by atoms with Crippen LogP contribution in [-0.4, -0.2) is 47.8 Å². The third kappa shape index (κ3) is 4.16. The van der Waals surface area contributed by atoms with E-state index in [9.17, 15) is 9.59 Å². The molecule has 0 unspecified atom stereocenters. The Kier molecular flexibility index (Phi) is 5.72. The van der Waals surface area contributed by atoms with Crippen LogP contribution in [0.3, 0.4) is 0 Å². The number of nitrogens with zero attached hydrogens (tertiary/aromatic N) is 2. The van der Waals surface area contributed by atoms with E-state index in [2.05, 4.69) is 4.90 Å². The number of amides is 2. The molecule has 0 bridgehead atoms. The molecule has 2 atom stereocenters. The van der Waals surface area contributed by atoms with Gasteiger partial charge in [0.05, 0.1) is 0 Å². The van der Waals surface area contributed by atoms with Crippen LogP contribution in [0.4, 0.5) is 0 Å². The summed E-state index contributed by atoms with van der Waals surface area (Å²) in [5.41, 5.74) is 0.670. The van der Waals surface area contributed by atoms with Gasteiger partial charge in [0.25, 0.3) is 5.91 Å². The molecule has 1 saturated carbocycles. The number of halogens is 1. The summed E-state index contributed by atoms with van der Waals surface area (Å²) in [6.45, 7) is 3.23. The van der Waals surface area contributed by atoms with Gasteiger partial charge in [-0.2, -0.15) is 0 Å². The average molecular weight is 389 g/mol. The van der Waals surface area contributed by atoms with Gasteiger partial charge in [-0.3, -0.25) is 9.59 Å². The topological polar surface area (TPSA) is 40.6 Å². The molecular weight excluding hydrogens is 360 g/mol. The molecule has 2 heterocycles. The lowest BCUT2D eigenvalue weighted by molar-refractivity contribution is -0.140. The highest BCUT2D eigenvalue weighted by atomic mass is 35.5. The van der Waals surface area contributed by atoms with Crippen molar-refractivity contribution < 1.29 is 9.59 Å². The monoisotopic (exact) mass is 388 g/mol. The zero-order valence-electron chi connectivity index (χ0n) is 15.9. The molecule has 2 aliphatic heterocycles. The Morgan fingerprint density at radius 1 is 0.815 bits per heavy atom. The summed E-state index contributed by atoms with van der Waals surface area (Å²) in [7, 11) is 0. The minimum atomic E-state index is 0.0422. The maximum Gasteiger partial charge on any atom is 0.253 e. The highest BCUT2D eigenvalue weighted by molar-refractivity contribution is 6.30. The fourth-order valence-corrected chi connectivity index (χ4v) is 5.29. The lowest BCUT2D eigenvalue weighted by Crippen LogP contribution is -2.49. The second-order valence-corrected chi connectivity index (χ2v) is 8.89. The van der Waals surface area contributed by atoms with Gasteiger partial charge < -0.3 is 9.80 Å². The summed E-state index contributed by atoms with van der Waals surface area (Å²) < 4.78 is 0. The van der Waals surface area contributed by atoms with Gasteiger partial charge in [0.2, 0.25) is 5.91 Å². The molecule has 2 amide bonds. The molecule has 4 rings (SSSR count). The van der Waals surface area contributed by atoms with Gasteiger partial charge in [-0.05, 0) is 61.8 Å². The standard InChI is InChI=1S/C22H29ClN2O2/c23-20-7-5-17(6-8-20)21(26)24-12-10-18(11-13-24)22(27)25-14-9-16-3-1-2-4-19(16)15-25/h5-8,16,18-19H,1-4,9-15H2/t16-,19-/m1/s1. The number of fused-ring (bicyclic) bond motifs is 1. The molecule has 146 valence electrons. The Hall–Kier alpha value is -1.55. The number of likely N-dealkylation sites (tertiary alicyclic amines) is 2. The molecule has 0 aromatic heterocycles. The molecule has 0 N–H and O–H groups in total. The van der Waals surface area contributed by atoms with E-state index in [1.165, 1.54) is 32.1 Å². The second-order valence-electron chi connectivity index (χ2n) is 8.45. The quantitative estimate of drug-likeness (QED) is 0.760. The highest BCUT2D eigenvalue weighted by Gasteiger charge is 2.36. The maximum atomic E-state index is 13.0. The molecule has 27 heavy (non-hydrogen) atoms. The van der Waals surface area contributed by atoms with Crippen LogP contribution in [0, 0.1) is 17.8 Å². The Morgan fingerprint density at radius 2 is 1.44 bits per heavy atom. The van der Waals surface area contributed by atoms with Crippen molar-refractivity contribution in [2.24, 2.45) is 17.8 Å². The summed E-state index contributed by atoms with van der Waals surface area (Å²) >= 11 is 5.91. The van der Waals surface area contributed by atoms with Crippen LogP contribution < -0.4 is 0 Å². The van der Waals surface area contributed by atoms with E-state index in [0.29, 0.717) is 29.6 Å². The zero-order valence-corrected chi connectivity index (χ0v) is 16.7. The molecule has 3 fully saturated rings. The fourth-order valence-electron chi connectivity index (χ4n) is 5.16. The van der Waals surface area contributed by atoms with Gasteiger partial charge in [0.15, 0.2) is 0 Å². The van der Waals surface area contributed by atoms with Crippen molar-refractivity contribution in [1.29, 1.82) is 0 Å². The molecule has 1 aromatic rings. The lowest BCUT2D eigenvalue weighted by atomic mass is 9.75. The molecule has 0 radical (unpaired) electrons. The lowest BCUT2D eigenvalue weighted by Gasteiger charge is -2.43. The summed E-state index contributed by atoms with van der Waals surface area (Å²) in [6, 6.07) is 7.05. The first kappa shape index (κ1) is 18.8. The van der Waals surface area contributed by atoms with Crippen LogP contribution in [0.1, 0.15) is 55.3 Å². The first-order valence-electron chi connectivity index (χ1n) is 10.5. The van der Waals surface area contributed by atoms with Gasteiger partial charge in [-0.15, -0.1) is 0 Å². The Balaban J connectivity index is 1.30. The molecule has 1 aliphatic carbocycles. The zero-order chi connectivity index (χ0) is 18.8. The number of hydrogen-bond donors (Lipinski definition) is 0. The van der Waals surface area contributed by atoms with Crippen molar-refractivity contribution >= 4 is 23.4 Å². The van der Waals surface area contributed by atoms with Gasteiger partial charge >= 0.3 is 0 Å². The smallest absolute Gasteiger partial charge is 0.253 e. The number of piperidine rings is 2. The van der Waals surface area contributed by atoms with E-state index in [-0.39, 0.29) is 11.8 Å². The van der Waals surface area contributed by atoms with E-state index in [4.69, 9.17) is 11.6 Å². The first-order chi connectivity index (χ1) is 13.1.